The van der Waals surface area contributed by atoms with Crippen LogP contribution in [0.4, 0.5) is 22.0 Å². The summed E-state index contributed by atoms with van der Waals surface area (Å²) in [5.74, 6) is -3.10. The Morgan fingerprint density at radius 1 is 0.933 bits per heavy atom. The van der Waals surface area contributed by atoms with Gasteiger partial charge in [0.05, 0.1) is 0 Å². The molecule has 0 aromatic heterocycles. The third kappa shape index (κ3) is 4.87. The van der Waals surface area contributed by atoms with Crippen molar-refractivity contribution in [3.05, 3.63) is 59.7 Å². The lowest BCUT2D eigenvalue weighted by atomic mass is 10.2. The van der Waals surface area contributed by atoms with Crippen LogP contribution in [0.5, 0.6) is 5.75 Å². The summed E-state index contributed by atoms with van der Waals surface area (Å²) in [7, 11) is -4.22. The van der Waals surface area contributed by atoms with Crippen molar-refractivity contribution < 1.29 is 39.9 Å². The molecule has 2 aromatic carbocycles. The number of sulfonamides is 1. The molecule has 2 aromatic rings. The monoisotopic (exact) mass is 450 g/mol. The van der Waals surface area contributed by atoms with E-state index < -0.39 is 44.6 Å². The van der Waals surface area contributed by atoms with Crippen molar-refractivity contribution in [1.29, 1.82) is 0 Å². The van der Waals surface area contributed by atoms with E-state index in [0.717, 1.165) is 28.6 Å². The molecule has 0 unspecified atom stereocenters. The first-order chi connectivity index (χ1) is 14.0. The Hall–Kier alpha value is -2.73. The quantitative estimate of drug-likeness (QED) is 0.672. The maximum atomic E-state index is 13.9. The van der Waals surface area contributed by atoms with Crippen LogP contribution in [-0.4, -0.2) is 56.1 Å². The standard InChI is InChI=1S/C18H15F5N2O4S/c19-13-3-6-16(15(20)11-13)30(27,28)25-9-7-24(8-10-25)17(26)12-1-4-14(5-2-12)29-18(21,22)23/h1-6,11H,7-10H2. The molecule has 0 saturated carbocycles. The van der Waals surface area contributed by atoms with Crippen LogP contribution in [0.1, 0.15) is 10.4 Å². The Labute approximate surface area is 168 Å². The molecule has 0 radical (unpaired) electrons. The Balaban J connectivity index is 1.65. The average molecular weight is 450 g/mol. The second kappa shape index (κ2) is 8.19. The summed E-state index contributed by atoms with van der Waals surface area (Å²) < 4.78 is 93.4. The second-order valence-corrected chi connectivity index (χ2v) is 8.25. The fraction of sp³-hybridized carbons (Fsp3) is 0.278. The van der Waals surface area contributed by atoms with Crippen LogP contribution in [0.3, 0.4) is 0 Å². The minimum absolute atomic E-state index is 0.0122. The number of benzene rings is 2. The van der Waals surface area contributed by atoms with Gasteiger partial charge < -0.3 is 9.64 Å². The van der Waals surface area contributed by atoms with E-state index >= 15 is 0 Å². The van der Waals surface area contributed by atoms with Gasteiger partial charge in [0, 0.05) is 37.8 Å². The maximum Gasteiger partial charge on any atom is 0.573 e. The van der Waals surface area contributed by atoms with Crippen molar-refractivity contribution in [2.75, 3.05) is 26.2 Å². The Bertz CT molecular complexity index is 1030. The number of hydrogen-bond donors (Lipinski definition) is 0. The van der Waals surface area contributed by atoms with Crippen molar-refractivity contribution >= 4 is 15.9 Å². The number of alkyl halides is 3. The summed E-state index contributed by atoms with van der Waals surface area (Å²) in [6.45, 7) is -0.274. The van der Waals surface area contributed by atoms with Gasteiger partial charge >= 0.3 is 6.36 Å². The highest BCUT2D eigenvalue weighted by atomic mass is 32.2. The summed E-state index contributed by atoms with van der Waals surface area (Å²) in [4.78, 5) is 13.2. The molecule has 1 aliphatic heterocycles. The van der Waals surface area contributed by atoms with Gasteiger partial charge in [0.2, 0.25) is 10.0 Å². The molecule has 1 saturated heterocycles. The highest BCUT2D eigenvalue weighted by molar-refractivity contribution is 7.89. The van der Waals surface area contributed by atoms with Gasteiger partial charge in [-0.15, -0.1) is 13.2 Å². The number of rotatable bonds is 4. The molecule has 3 rings (SSSR count). The lowest BCUT2D eigenvalue weighted by molar-refractivity contribution is -0.274. The molecule has 1 amide bonds. The van der Waals surface area contributed by atoms with E-state index in [2.05, 4.69) is 4.74 Å². The summed E-state index contributed by atoms with van der Waals surface area (Å²) in [6.07, 6.45) is -4.85. The van der Waals surface area contributed by atoms with E-state index in [4.69, 9.17) is 0 Å². The second-order valence-electron chi connectivity index (χ2n) is 6.34. The zero-order valence-corrected chi connectivity index (χ0v) is 16.0. The van der Waals surface area contributed by atoms with Crippen LogP contribution in [-0.2, 0) is 10.0 Å². The van der Waals surface area contributed by atoms with E-state index in [1.807, 2.05) is 0 Å². The van der Waals surface area contributed by atoms with Crippen LogP contribution in [0.15, 0.2) is 47.4 Å². The molecule has 30 heavy (non-hydrogen) atoms. The summed E-state index contributed by atoms with van der Waals surface area (Å²) in [6, 6.07) is 6.47. The predicted molar refractivity (Wildman–Crippen MR) is 94.1 cm³/mol. The third-order valence-corrected chi connectivity index (χ3v) is 6.30. The average Bonchev–Trinajstić information content (AvgIpc) is 2.66. The first-order valence-corrected chi connectivity index (χ1v) is 10.0. The topological polar surface area (TPSA) is 66.9 Å². The number of halogens is 5. The Morgan fingerprint density at radius 3 is 2.07 bits per heavy atom. The van der Waals surface area contributed by atoms with Crippen LogP contribution < -0.4 is 4.74 Å². The zero-order valence-electron chi connectivity index (χ0n) is 15.2. The molecule has 0 N–H and O–H groups in total. The number of nitrogens with zero attached hydrogens (tertiary/aromatic N) is 2. The predicted octanol–water partition coefficient (Wildman–Crippen LogP) is 3.01. The van der Waals surface area contributed by atoms with Gasteiger partial charge in [0.25, 0.3) is 5.91 Å². The van der Waals surface area contributed by atoms with Crippen molar-refractivity contribution in [3.63, 3.8) is 0 Å². The van der Waals surface area contributed by atoms with Gasteiger partial charge in [0.1, 0.15) is 22.3 Å². The number of carbonyl (C=O) groups excluding carboxylic acids is 1. The minimum atomic E-state index is -4.85. The van der Waals surface area contributed by atoms with Crippen molar-refractivity contribution in [1.82, 2.24) is 9.21 Å². The lowest BCUT2D eigenvalue weighted by Gasteiger charge is -2.34. The molecular formula is C18H15F5N2O4S. The molecule has 1 aliphatic rings. The van der Waals surface area contributed by atoms with E-state index in [1.54, 1.807) is 0 Å². The minimum Gasteiger partial charge on any atom is -0.406 e. The van der Waals surface area contributed by atoms with Crippen molar-refractivity contribution in [3.8, 4) is 5.75 Å². The normalized spacial score (nSPS) is 15.8. The first-order valence-electron chi connectivity index (χ1n) is 8.58. The summed E-state index contributed by atoms with van der Waals surface area (Å²) in [5, 5.41) is 0. The summed E-state index contributed by atoms with van der Waals surface area (Å²) in [5.41, 5.74) is 0.102. The highest BCUT2D eigenvalue weighted by Crippen LogP contribution is 2.24. The molecule has 0 spiro atoms. The molecule has 162 valence electrons. The van der Waals surface area contributed by atoms with Crippen molar-refractivity contribution in [2.45, 2.75) is 11.3 Å². The number of carbonyl (C=O) groups is 1. The smallest absolute Gasteiger partial charge is 0.406 e. The van der Waals surface area contributed by atoms with Crippen LogP contribution in [0, 0.1) is 11.6 Å². The molecule has 1 heterocycles. The van der Waals surface area contributed by atoms with Crippen LogP contribution in [0.2, 0.25) is 0 Å². The molecular weight excluding hydrogens is 435 g/mol. The number of piperazine rings is 1. The fourth-order valence-corrected chi connectivity index (χ4v) is 4.40. The number of ether oxygens (including phenoxy) is 1. The Kier molecular flexibility index (Phi) is 5.99. The molecule has 6 nitrogen and oxygen atoms in total. The van der Waals surface area contributed by atoms with Gasteiger partial charge in [-0.1, -0.05) is 0 Å². The fourth-order valence-electron chi connectivity index (χ4n) is 2.94. The summed E-state index contributed by atoms with van der Waals surface area (Å²) >= 11 is 0. The molecule has 0 atom stereocenters. The van der Waals surface area contributed by atoms with Gasteiger partial charge in [-0.05, 0) is 36.4 Å². The molecule has 0 aliphatic carbocycles. The largest absolute Gasteiger partial charge is 0.573 e. The van der Waals surface area contributed by atoms with E-state index in [9.17, 15) is 35.2 Å². The maximum absolute atomic E-state index is 13.9. The molecule has 1 fully saturated rings. The van der Waals surface area contributed by atoms with Crippen LogP contribution >= 0.6 is 0 Å². The first kappa shape index (κ1) is 22.0. The highest BCUT2D eigenvalue weighted by Gasteiger charge is 2.33. The van der Waals surface area contributed by atoms with Gasteiger partial charge in [0.15, 0.2) is 0 Å². The van der Waals surface area contributed by atoms with Crippen LogP contribution in [0.25, 0.3) is 0 Å². The van der Waals surface area contributed by atoms with Gasteiger partial charge in [-0.3, -0.25) is 4.79 Å². The third-order valence-electron chi connectivity index (χ3n) is 4.37. The van der Waals surface area contributed by atoms with Crippen molar-refractivity contribution in [2.24, 2.45) is 0 Å². The number of amides is 1. The van der Waals surface area contributed by atoms with E-state index in [-0.39, 0.29) is 31.7 Å². The zero-order chi connectivity index (χ0) is 22.1. The van der Waals surface area contributed by atoms with E-state index in [0.29, 0.717) is 6.07 Å². The van der Waals surface area contributed by atoms with Gasteiger partial charge in [-0.2, -0.15) is 4.31 Å². The Morgan fingerprint density at radius 2 is 1.53 bits per heavy atom. The molecule has 12 heteroatoms. The lowest BCUT2D eigenvalue weighted by Crippen LogP contribution is -2.50. The van der Waals surface area contributed by atoms with Gasteiger partial charge in [-0.25, -0.2) is 17.2 Å². The van der Waals surface area contributed by atoms with E-state index in [1.165, 1.54) is 17.0 Å². The number of hydrogen-bond acceptors (Lipinski definition) is 4. The molecule has 0 bridgehead atoms. The SMILES string of the molecule is O=C(c1ccc(OC(F)(F)F)cc1)N1CCN(S(=O)(=O)c2ccc(F)cc2F)CC1.